The van der Waals surface area contributed by atoms with Gasteiger partial charge in [0.2, 0.25) is 0 Å². The second-order valence-electron chi connectivity index (χ2n) is 4.85. The molecule has 1 atom stereocenters. The van der Waals surface area contributed by atoms with Gasteiger partial charge < -0.3 is 15.4 Å². The molecule has 1 fully saturated rings. The summed E-state index contributed by atoms with van der Waals surface area (Å²) in [4.78, 5) is 14.1. The predicted octanol–water partition coefficient (Wildman–Crippen LogP) is 2.59. The van der Waals surface area contributed by atoms with Crippen molar-refractivity contribution in [3.05, 3.63) is 28.7 Å². The first-order valence-corrected chi connectivity index (χ1v) is 7.33. The van der Waals surface area contributed by atoms with E-state index in [0.717, 1.165) is 30.4 Å². The molecule has 2 rings (SSSR count). The van der Waals surface area contributed by atoms with Crippen molar-refractivity contribution in [2.24, 2.45) is 5.73 Å². The van der Waals surface area contributed by atoms with Gasteiger partial charge in [-0.2, -0.15) is 0 Å². The van der Waals surface area contributed by atoms with Gasteiger partial charge in [0.05, 0.1) is 4.47 Å². The number of carbonyl (C=O) groups is 1. The number of hydrogen-bond acceptors (Lipinski definition) is 3. The van der Waals surface area contributed by atoms with Crippen LogP contribution < -0.4 is 10.5 Å². The number of likely N-dealkylation sites (tertiary alicyclic amines) is 1. The van der Waals surface area contributed by atoms with E-state index in [4.69, 9.17) is 10.5 Å². The minimum absolute atomic E-state index is 0. The minimum Gasteiger partial charge on any atom is -0.480 e. The van der Waals surface area contributed by atoms with E-state index in [0.29, 0.717) is 5.75 Å². The summed E-state index contributed by atoms with van der Waals surface area (Å²) in [5, 5.41) is 0. The van der Waals surface area contributed by atoms with Crippen molar-refractivity contribution >= 4 is 34.2 Å². The maximum Gasteiger partial charge on any atom is 0.263 e. The third-order valence-electron chi connectivity index (χ3n) is 3.34. The number of halogens is 2. The molecule has 1 aromatic rings. The number of piperidine rings is 1. The third-order valence-corrected chi connectivity index (χ3v) is 3.99. The average molecular weight is 364 g/mol. The van der Waals surface area contributed by atoms with Crippen LogP contribution in [-0.2, 0) is 4.79 Å². The fourth-order valence-electron chi connectivity index (χ4n) is 2.16. The first-order chi connectivity index (χ1) is 9.08. The Bertz CT molecular complexity index is 451. The van der Waals surface area contributed by atoms with Crippen LogP contribution in [0.3, 0.4) is 0 Å². The highest BCUT2D eigenvalue weighted by Gasteiger charge is 2.25. The number of para-hydroxylation sites is 1. The molecule has 6 heteroatoms. The summed E-state index contributed by atoms with van der Waals surface area (Å²) in [7, 11) is 0. The Morgan fingerprint density at radius 3 is 2.60 bits per heavy atom. The second kappa shape index (κ2) is 7.86. The zero-order valence-corrected chi connectivity index (χ0v) is 13.8. The minimum atomic E-state index is -0.479. The van der Waals surface area contributed by atoms with Crippen LogP contribution in [0.2, 0.25) is 0 Å². The van der Waals surface area contributed by atoms with E-state index in [1.807, 2.05) is 29.2 Å². The number of amides is 1. The smallest absolute Gasteiger partial charge is 0.263 e. The fraction of sp³-hybridized carbons (Fsp3) is 0.500. The highest BCUT2D eigenvalue weighted by molar-refractivity contribution is 9.10. The van der Waals surface area contributed by atoms with Gasteiger partial charge >= 0.3 is 0 Å². The highest BCUT2D eigenvalue weighted by Crippen LogP contribution is 2.25. The van der Waals surface area contributed by atoms with Crippen molar-refractivity contribution in [1.29, 1.82) is 0 Å². The van der Waals surface area contributed by atoms with Gasteiger partial charge in [-0.3, -0.25) is 4.79 Å². The topological polar surface area (TPSA) is 55.6 Å². The molecular weight excluding hydrogens is 344 g/mol. The van der Waals surface area contributed by atoms with Crippen LogP contribution in [0.5, 0.6) is 5.75 Å². The Morgan fingerprint density at radius 2 is 2.00 bits per heavy atom. The van der Waals surface area contributed by atoms with Gasteiger partial charge in [0.25, 0.3) is 5.91 Å². The maximum absolute atomic E-state index is 12.3. The zero-order chi connectivity index (χ0) is 13.8. The van der Waals surface area contributed by atoms with Gasteiger partial charge in [-0.1, -0.05) is 12.1 Å². The van der Waals surface area contributed by atoms with Crippen LogP contribution in [0, 0.1) is 0 Å². The molecule has 1 aliphatic heterocycles. The maximum atomic E-state index is 12.3. The summed E-state index contributed by atoms with van der Waals surface area (Å²) in [6, 6.07) is 7.77. The third kappa shape index (κ3) is 4.36. The summed E-state index contributed by atoms with van der Waals surface area (Å²) >= 11 is 3.41. The first kappa shape index (κ1) is 17.3. The van der Waals surface area contributed by atoms with Crippen molar-refractivity contribution in [2.75, 3.05) is 13.1 Å². The van der Waals surface area contributed by atoms with Gasteiger partial charge in [-0.25, -0.2) is 0 Å². The lowest BCUT2D eigenvalue weighted by Crippen LogP contribution is -2.47. The number of rotatable bonds is 3. The van der Waals surface area contributed by atoms with Crippen molar-refractivity contribution in [3.8, 4) is 5.75 Å². The van der Waals surface area contributed by atoms with Gasteiger partial charge in [-0.05, 0) is 47.8 Å². The van der Waals surface area contributed by atoms with Gasteiger partial charge in [-0.15, -0.1) is 12.4 Å². The molecule has 1 amide bonds. The second-order valence-corrected chi connectivity index (χ2v) is 5.71. The van der Waals surface area contributed by atoms with Gasteiger partial charge in [0.15, 0.2) is 6.10 Å². The Labute approximate surface area is 134 Å². The lowest BCUT2D eigenvalue weighted by molar-refractivity contribution is -0.139. The van der Waals surface area contributed by atoms with Gasteiger partial charge in [0.1, 0.15) is 5.75 Å². The molecule has 0 aliphatic carbocycles. The fourth-order valence-corrected chi connectivity index (χ4v) is 2.54. The van der Waals surface area contributed by atoms with Crippen molar-refractivity contribution in [2.45, 2.75) is 31.9 Å². The molecule has 0 saturated carbocycles. The summed E-state index contributed by atoms with van der Waals surface area (Å²) < 4.78 is 6.57. The van der Waals surface area contributed by atoms with E-state index in [1.54, 1.807) is 6.92 Å². The van der Waals surface area contributed by atoms with Crippen molar-refractivity contribution in [3.63, 3.8) is 0 Å². The van der Waals surface area contributed by atoms with Crippen molar-refractivity contribution < 1.29 is 9.53 Å². The molecule has 0 spiro atoms. The van der Waals surface area contributed by atoms with E-state index >= 15 is 0 Å². The quantitative estimate of drug-likeness (QED) is 0.898. The van der Waals surface area contributed by atoms with Crippen LogP contribution >= 0.6 is 28.3 Å². The molecule has 1 unspecified atom stereocenters. The number of ether oxygens (including phenoxy) is 1. The summed E-state index contributed by atoms with van der Waals surface area (Å²) in [5.74, 6) is 0.722. The van der Waals surface area contributed by atoms with Crippen LogP contribution in [0.15, 0.2) is 28.7 Å². The summed E-state index contributed by atoms with van der Waals surface area (Å²) in [6.07, 6.45) is 1.26. The number of hydrogen-bond donors (Lipinski definition) is 1. The molecule has 0 radical (unpaired) electrons. The molecule has 20 heavy (non-hydrogen) atoms. The Kier molecular flexibility index (Phi) is 6.79. The largest absolute Gasteiger partial charge is 0.480 e. The van der Waals surface area contributed by atoms with Crippen LogP contribution in [0.25, 0.3) is 0 Å². The Morgan fingerprint density at radius 1 is 1.40 bits per heavy atom. The normalized spacial score (nSPS) is 17.2. The lowest BCUT2D eigenvalue weighted by atomic mass is 10.1. The summed E-state index contributed by atoms with van der Waals surface area (Å²) in [5.41, 5.74) is 5.84. The van der Waals surface area contributed by atoms with E-state index in [2.05, 4.69) is 15.9 Å². The molecule has 4 nitrogen and oxygen atoms in total. The zero-order valence-electron chi connectivity index (χ0n) is 11.4. The number of benzene rings is 1. The monoisotopic (exact) mass is 362 g/mol. The molecule has 2 N–H and O–H groups in total. The summed E-state index contributed by atoms with van der Waals surface area (Å²) in [6.45, 7) is 3.24. The highest BCUT2D eigenvalue weighted by atomic mass is 79.9. The molecule has 0 aromatic heterocycles. The number of carbonyl (C=O) groups excluding carboxylic acids is 1. The molecule has 0 bridgehead atoms. The number of nitrogens with zero attached hydrogens (tertiary/aromatic N) is 1. The molecular formula is C14H20BrClN2O2. The first-order valence-electron chi connectivity index (χ1n) is 6.53. The predicted molar refractivity (Wildman–Crippen MR) is 85.3 cm³/mol. The van der Waals surface area contributed by atoms with Crippen LogP contribution in [-0.4, -0.2) is 36.0 Å². The molecule has 1 aliphatic rings. The number of nitrogens with two attached hydrogens (primary N) is 1. The molecule has 112 valence electrons. The van der Waals surface area contributed by atoms with Gasteiger partial charge in [0, 0.05) is 19.1 Å². The lowest BCUT2D eigenvalue weighted by Gasteiger charge is -2.32. The van der Waals surface area contributed by atoms with E-state index in [-0.39, 0.29) is 24.4 Å². The molecule has 1 heterocycles. The molecule has 1 saturated heterocycles. The Balaban J connectivity index is 0.00000200. The van der Waals surface area contributed by atoms with E-state index in [9.17, 15) is 4.79 Å². The molecule has 1 aromatic carbocycles. The standard InChI is InChI=1S/C14H19BrN2O2.ClH/c1-10(19-13-5-3-2-4-12(13)15)14(18)17-8-6-11(16)7-9-17;/h2-5,10-11H,6-9,16H2,1H3;1H. The average Bonchev–Trinajstić information content (AvgIpc) is 2.41. The van der Waals surface area contributed by atoms with E-state index < -0.39 is 6.10 Å². The van der Waals surface area contributed by atoms with Crippen molar-refractivity contribution in [1.82, 2.24) is 4.90 Å². The van der Waals surface area contributed by atoms with E-state index in [1.165, 1.54) is 0 Å². The van der Waals surface area contributed by atoms with Crippen LogP contribution in [0.1, 0.15) is 19.8 Å². The SMILES string of the molecule is CC(Oc1ccccc1Br)C(=O)N1CCC(N)CC1.Cl. The Hall–Kier alpha value is -0.780. The van der Waals surface area contributed by atoms with Crippen LogP contribution in [0.4, 0.5) is 0 Å².